The number of hydrogen-bond acceptors (Lipinski definition) is 5. The van der Waals surface area contributed by atoms with Gasteiger partial charge >= 0.3 is 0 Å². The Morgan fingerprint density at radius 2 is 1.95 bits per heavy atom. The number of para-hydroxylation sites is 1. The van der Waals surface area contributed by atoms with Crippen molar-refractivity contribution in [2.75, 3.05) is 0 Å². The fraction of sp³-hybridized carbons (Fsp3) is 0.452. The van der Waals surface area contributed by atoms with Gasteiger partial charge in [0.25, 0.3) is 0 Å². The molecule has 0 unspecified atom stereocenters. The number of aromatic nitrogens is 3. The molecule has 2 aromatic heterocycles. The average molecular weight is 879 g/mol. The van der Waals surface area contributed by atoms with Crippen LogP contribution in [0.2, 0.25) is 0 Å². The lowest BCUT2D eigenvalue weighted by molar-refractivity contribution is -0.121. The summed E-state index contributed by atoms with van der Waals surface area (Å²) in [5, 5.41) is 0.631. The van der Waals surface area contributed by atoms with Crippen molar-refractivity contribution in [1.29, 1.82) is 0 Å². The minimum absolute atomic E-state index is 0. The van der Waals surface area contributed by atoms with Crippen LogP contribution in [-0.4, -0.2) is 26.8 Å². The van der Waals surface area contributed by atoms with Crippen LogP contribution in [0.25, 0.3) is 27.1 Å². The highest BCUT2D eigenvalue weighted by Crippen LogP contribution is 2.51. The Morgan fingerprint density at radius 3 is 2.68 bits per heavy atom. The first-order valence-electron chi connectivity index (χ1n) is 73.7. The molecule has 7 heteroatoms. The molecule has 0 aliphatic heterocycles. The molecule has 0 spiro atoms. The van der Waals surface area contributed by atoms with E-state index in [0.29, 0.717) is 29.1 Å². The maximum absolute atomic E-state index is 14.6. The summed E-state index contributed by atoms with van der Waals surface area (Å²) in [7, 11) is 0. The van der Waals surface area contributed by atoms with Gasteiger partial charge in [0, 0.05) is 214 Å². The predicted molar refractivity (Wildman–Crippen MR) is 274 cm³/mol. The van der Waals surface area contributed by atoms with Crippen molar-refractivity contribution < 1.29 is 194 Å². The first-order chi connectivity index (χ1) is 78.4. The second-order valence-electron chi connectivity index (χ2n) is 10.4. The Bertz CT molecular complexity index is 1600. The van der Waals surface area contributed by atoms with E-state index in [4.69, 9.17) is 199 Å². The van der Waals surface area contributed by atoms with Gasteiger partial charge in [-0.3, -0.25) is 4.98 Å². The molecule has 318 valence electrons. The number of ketones is 1. The van der Waals surface area contributed by atoms with Crippen LogP contribution in [0.4, 0.5) is 4.39 Å². The van der Waals surface area contributed by atoms with Gasteiger partial charge in [-0.2, -0.15) is 4.98 Å². The Labute approximate surface area is 409 Å². The van der Waals surface area contributed by atoms with Crippen molar-refractivity contribution in [2.24, 2.45) is 11.8 Å². The number of Topliss-reactive ketones (excluding diaryl/α,β-unsaturated/α-hetero) is 1. The number of halogens is 1. The highest BCUT2D eigenvalue weighted by Gasteiger charge is 2.50. The van der Waals surface area contributed by atoms with Crippen molar-refractivity contribution in [1.82, 2.24) is 15.0 Å². The van der Waals surface area contributed by atoms with E-state index in [1.54, 1.807) is 18.3 Å². The molecular formula is C31H155FN4O2. The second kappa shape index (κ2) is 10.2. The molecule has 3 atom stereocenters. The summed E-state index contributed by atoms with van der Waals surface area (Å²) in [6, 6.07) is 6.68. The van der Waals surface area contributed by atoms with E-state index in [1.807, 2.05) is 32.9 Å². The molecule has 0 bridgehead atoms. The van der Waals surface area contributed by atoms with Crippen LogP contribution in [0.15, 0.2) is 42.2 Å². The zero-order valence-electron chi connectivity index (χ0n) is 142. The van der Waals surface area contributed by atoms with E-state index in [-0.39, 0.29) is 36.4 Å². The summed E-state index contributed by atoms with van der Waals surface area (Å²) >= 11 is 0. The molecule has 3 aliphatic carbocycles. The number of nitrogens with zero attached hydrogens (tertiary/aromatic N) is 4. The number of benzene rings is 1. The van der Waals surface area contributed by atoms with Crippen LogP contribution < -0.4 is 4.74 Å². The van der Waals surface area contributed by atoms with Gasteiger partial charge in [0.2, 0.25) is 11.6 Å². The molecule has 0 saturated heterocycles. The monoisotopic (exact) mass is 878 g/mol. The normalized spacial score (nSPS) is 37.2. The Kier molecular flexibility index (Phi) is 1.06. The summed E-state index contributed by atoms with van der Waals surface area (Å²) in [5.74, 6) is 0.283. The molecule has 1 saturated carbocycles. The van der Waals surface area contributed by atoms with Crippen molar-refractivity contribution >= 4 is 16.7 Å². The number of carbonyl (C=O) groups excluding carboxylic acids is 1. The third kappa shape index (κ3) is 4.16. The van der Waals surface area contributed by atoms with E-state index < -0.39 is 11.2 Å². The zero-order valence-corrected chi connectivity index (χ0v) is 22.4. The molecule has 3 aromatic rings. The first-order valence-corrected chi connectivity index (χ1v) is 13.7. The maximum atomic E-state index is 14.6. The fourth-order valence-corrected chi connectivity index (χ4v) is 6.43. The Hall–Kier alpha value is -3.66. The van der Waals surface area contributed by atoms with Gasteiger partial charge in [0.15, 0.2) is 11.6 Å². The van der Waals surface area contributed by atoms with Crippen molar-refractivity contribution in [3.05, 3.63) is 70.7 Å². The maximum Gasteiger partial charge on any atom is 0.226 e. The number of rotatable bonds is 3. The third-order valence-corrected chi connectivity index (χ3v) is 8.32. The molecule has 1 aromatic carbocycles. The van der Waals surface area contributed by atoms with Gasteiger partial charge in [0.1, 0.15) is 17.4 Å². The van der Waals surface area contributed by atoms with Crippen LogP contribution in [0.5, 0.6) is 5.88 Å². The first kappa shape index (κ1) is 3.95. The van der Waals surface area contributed by atoms with Gasteiger partial charge in [-0.15, -0.1) is 0 Å². The zero-order chi connectivity index (χ0) is 147. The van der Waals surface area contributed by atoms with E-state index in [9.17, 15) is 9.18 Å². The van der Waals surface area contributed by atoms with Crippen LogP contribution in [0.1, 0.15) is 251 Å². The minimum atomic E-state index is -0.611. The predicted octanol–water partition coefficient (Wildman–Crippen LogP) is 22.0. The summed E-state index contributed by atoms with van der Waals surface area (Å²) in [4.78, 5) is 30.6. The molecular weight excluding hydrogens is 479 g/mol. The average Bonchev–Trinajstić information content (AvgIpc) is 0.793. The number of hydrogen-bond donors (Lipinski definition) is 0. The van der Waals surface area contributed by atoms with Gasteiger partial charge in [-0.1, -0.05) is 45.9 Å². The molecule has 6 nitrogen and oxygen atoms in total. The highest BCUT2D eigenvalue weighted by atomic mass is 19.1. The Morgan fingerprint density at radius 1 is 1.18 bits per heavy atom. The quantitative estimate of drug-likeness (QED) is 0.245. The summed E-state index contributed by atoms with van der Waals surface area (Å²) in [6.45, 7) is 15.6. The van der Waals surface area contributed by atoms with Crippen molar-refractivity contribution in [3.8, 4) is 17.3 Å². The molecule has 38 heavy (non-hydrogen) atoms. The number of allylic oxidation sites excluding steroid dienone is 2. The van der Waals surface area contributed by atoms with Crippen LogP contribution >= 0.6 is 0 Å². The summed E-state index contributed by atoms with van der Waals surface area (Å²) in [5.41, 5.74) is 2.27. The van der Waals surface area contributed by atoms with Crippen LogP contribution in [-0.2, 0) is 16.6 Å². The van der Waals surface area contributed by atoms with E-state index >= 15 is 0 Å². The van der Waals surface area contributed by atoms with Gasteiger partial charge in [0.05, 0.1) is 12.3 Å². The number of pyridine rings is 1. The lowest BCUT2D eigenvalue weighted by Crippen LogP contribution is -2.46. The molecule has 2 heterocycles. The van der Waals surface area contributed by atoms with Crippen LogP contribution in [0, 0.1) is 24.2 Å². The van der Waals surface area contributed by atoms with Gasteiger partial charge in [-0.25, -0.2) is 14.2 Å². The SMILES string of the molecule is CC.[3HH].[3H][3H].[3H][3H].[3H][3H].[3H][3H].[3H][3H].[3H][3H].[3H][3H].[3H][3H].[3H][3H].[3H][3H].[3H][3H].[3H][3H].[3H][3H].[3H][3H].[3H][3H].[3H][3H].[3H][3H].[3H][3H].[3H][3H].[3H][3H].[3H][3H].[3H][3H].[3H][3H].[3H][3H].[3H][3H].[3H][3H].[3H][3H].[3H][3H].[3H][3H].[3H][3H].[3H][3H].[3H][3H].[3H][3H].[3H][3H].[3H][3H].[3H][3H].[3H][3H].[3H][3H].[3H][3H].[3H][3H].[3H][3H].[3H][3H].[3H][3H].[3H][3H].[3H][3H].[3H][3H].[3H][3H].[3H][3H].[3H][3H].[3H][3H].[3H][3H].[3H][3H].[3H][3H].[3H][3H].[3H][3H].[3H][3H].[3H][3H].[3H][3H].[3H][3H].[3H][3H].[C-]#[N+]C1=C[C@@]2(C)c3nc(-c4ccnc5c(F)cccc45)nc(OC4CCCC4)c3CC[C@@H]2[C@@H](C)C1=O. The topological polar surface area (TPSA) is 69.3 Å². The molecule has 6 rings (SSSR count). The largest absolute Gasteiger partial charge is 0.474 e. The molecule has 3 aliphatic rings. The molecule has 0 radical (unpaired) electrons. The van der Waals surface area contributed by atoms with Gasteiger partial charge < -0.3 is 9.53 Å². The lowest BCUT2D eigenvalue weighted by Gasteiger charge is -2.46. The second-order valence-corrected chi connectivity index (χ2v) is 10.4. The molecule has 1 fully saturated rings. The number of fused-ring (bicyclic) bond motifs is 4. The third-order valence-electron chi connectivity index (χ3n) is 8.32. The summed E-state index contributed by atoms with van der Waals surface area (Å²) in [6.07, 6.45) is 9.25. The summed E-state index contributed by atoms with van der Waals surface area (Å²) < 4.78 is 621. The van der Waals surface area contributed by atoms with Gasteiger partial charge in [-0.05, 0) is 56.6 Å². The molecule has 0 amide bonds. The Balaban J connectivity index is -0.0000000134. The van der Waals surface area contributed by atoms with Crippen molar-refractivity contribution in [2.45, 2.75) is 77.7 Å². The van der Waals surface area contributed by atoms with E-state index in [0.717, 1.165) is 43.4 Å². The minimum Gasteiger partial charge on any atom is -0.474 e. The van der Waals surface area contributed by atoms with Crippen LogP contribution in [0.3, 0.4) is 0 Å². The fourth-order valence-electron chi connectivity index (χ4n) is 6.43. The smallest absolute Gasteiger partial charge is 0.226 e. The highest BCUT2D eigenvalue weighted by molar-refractivity contribution is 6.00. The number of carbonyl (C=O) groups is 1. The van der Waals surface area contributed by atoms with E-state index in [1.165, 1.54) is 6.07 Å². The molecule has 0 N–H and O–H groups in total. The lowest BCUT2D eigenvalue weighted by atomic mass is 9.58. The number of ether oxygens (including phenoxy) is 1. The van der Waals surface area contributed by atoms with E-state index in [2.05, 4.69) is 16.8 Å². The van der Waals surface area contributed by atoms with Crippen molar-refractivity contribution in [3.63, 3.8) is 0 Å². The standard InChI is InChI=1S/C29H27FN4O2.C2H6.61H2/c1-16-21-12-11-20-26(29(21,2)15-23(31-3)25(16)35)33-27(34-28(20)36-17-7-4-5-8-17)19-13-14-32-24-18(19)9-6-10-22(24)30;1-2;;;;;;;;;;;;;;;;;;;;;;;;;;;;;;;;;;;;;;;;;;;;;;;;;;;;;;;;;;;;;/h6,9-10,13-17,21H,4-5,7-8,11-12H2,1-2H3;1-2H3;61*1H/t16-,21-,29-;;;;;;;;;;;;;;;;;;;;;;;;;;;;;;;;;;;;;;;;;;;;;;;;;;;;;;;;;;;;;;/m1............................................................../s1/i;;60*1+2T;1+2.